The van der Waals surface area contributed by atoms with E-state index in [-0.39, 0.29) is 18.1 Å². The van der Waals surface area contributed by atoms with Crippen molar-refractivity contribution in [3.8, 4) is 0 Å². The monoisotopic (exact) mass is 540 g/mol. The molecule has 4 N–H and O–H groups in total. The van der Waals surface area contributed by atoms with Gasteiger partial charge in [-0.2, -0.15) is 0 Å². The van der Waals surface area contributed by atoms with Crippen LogP contribution in [0.2, 0.25) is 0 Å². The molecule has 36 heavy (non-hydrogen) atoms. The van der Waals surface area contributed by atoms with E-state index in [1.165, 1.54) is 11.3 Å². The fourth-order valence-corrected chi connectivity index (χ4v) is 5.34. The van der Waals surface area contributed by atoms with Gasteiger partial charge in [-0.3, -0.25) is 9.59 Å². The van der Waals surface area contributed by atoms with E-state index in [2.05, 4.69) is 4.98 Å². The van der Waals surface area contributed by atoms with Crippen LogP contribution in [0.5, 0.6) is 0 Å². The minimum absolute atomic E-state index is 0.0702. The second-order valence-corrected chi connectivity index (χ2v) is 11.7. The Kier molecular flexibility index (Phi) is 11.8. The zero-order valence-corrected chi connectivity index (χ0v) is 23.6. The molecule has 0 aromatic carbocycles. The van der Waals surface area contributed by atoms with Crippen LogP contribution in [0.25, 0.3) is 6.08 Å². The van der Waals surface area contributed by atoms with Gasteiger partial charge >= 0.3 is 5.97 Å². The van der Waals surface area contributed by atoms with Gasteiger partial charge in [0.2, 0.25) is 0 Å². The largest absolute Gasteiger partial charge is 0.456 e. The number of nitrogens with two attached hydrogens (primary N) is 1. The highest BCUT2D eigenvalue weighted by molar-refractivity contribution is 7.09. The van der Waals surface area contributed by atoms with Gasteiger partial charge in [0.05, 0.1) is 34.8 Å². The maximum absolute atomic E-state index is 13.4. The van der Waals surface area contributed by atoms with Crippen molar-refractivity contribution in [2.45, 2.75) is 98.0 Å². The highest BCUT2D eigenvalue weighted by Crippen LogP contribution is 2.34. The van der Waals surface area contributed by atoms with Gasteiger partial charge in [0, 0.05) is 24.3 Å². The number of allylic oxidation sites excluding steroid dienone is 1. The third-order valence-corrected chi connectivity index (χ3v) is 8.36. The van der Waals surface area contributed by atoms with Crippen LogP contribution in [0.4, 0.5) is 0 Å². The van der Waals surface area contributed by atoms with Gasteiger partial charge in [-0.15, -0.1) is 11.3 Å². The molecule has 9 heteroatoms. The molecule has 1 aliphatic heterocycles. The average molecular weight is 541 g/mol. The van der Waals surface area contributed by atoms with E-state index in [0.29, 0.717) is 30.1 Å². The number of hydrogen-bond donors (Lipinski definition) is 3. The molecule has 0 bridgehead atoms. The Bertz CT molecular complexity index is 958. The van der Waals surface area contributed by atoms with Crippen molar-refractivity contribution >= 4 is 40.8 Å². The van der Waals surface area contributed by atoms with E-state index in [0.717, 1.165) is 29.8 Å². The van der Waals surface area contributed by atoms with E-state index >= 15 is 0 Å². The zero-order chi connectivity index (χ0) is 27.0. The molecule has 0 saturated heterocycles. The summed E-state index contributed by atoms with van der Waals surface area (Å²) in [5, 5.41) is 24.8. The summed E-state index contributed by atoms with van der Waals surface area (Å²) >= 11 is 8.02. The highest BCUT2D eigenvalue weighted by Gasteiger charge is 2.43. The Morgan fingerprint density at radius 2 is 2.06 bits per heavy atom. The maximum Gasteiger partial charge on any atom is 0.309 e. The number of cyclic esters (lactones) is 1. The first-order valence-electron chi connectivity index (χ1n) is 12.7. The molecule has 1 aromatic heterocycles. The molecule has 7 nitrogen and oxygen atoms in total. The zero-order valence-electron chi connectivity index (χ0n) is 22.0. The predicted molar refractivity (Wildman–Crippen MR) is 144 cm³/mol. The van der Waals surface area contributed by atoms with Gasteiger partial charge < -0.3 is 20.7 Å². The summed E-state index contributed by atoms with van der Waals surface area (Å²) in [6, 6.07) is 0. The summed E-state index contributed by atoms with van der Waals surface area (Å²) in [5.74, 6) is -1.59. The van der Waals surface area contributed by atoms with Crippen molar-refractivity contribution in [1.82, 2.24) is 4.98 Å². The van der Waals surface area contributed by atoms with Crippen LogP contribution in [-0.4, -0.2) is 45.3 Å². The molecular weight excluding hydrogens is 500 g/mol. The molecule has 1 aromatic rings. The number of nitrogens with zero attached hydrogens (tertiary/aromatic N) is 1. The minimum Gasteiger partial charge on any atom is -0.456 e. The van der Waals surface area contributed by atoms with Gasteiger partial charge in [-0.25, -0.2) is 4.98 Å². The summed E-state index contributed by atoms with van der Waals surface area (Å²) in [4.78, 5) is 30.6. The molecule has 0 fully saturated rings. The van der Waals surface area contributed by atoms with E-state index < -0.39 is 35.6 Å². The van der Waals surface area contributed by atoms with Crippen LogP contribution in [0.1, 0.15) is 83.8 Å². The van der Waals surface area contributed by atoms with Crippen molar-refractivity contribution in [3.63, 3.8) is 0 Å². The van der Waals surface area contributed by atoms with Gasteiger partial charge in [0.1, 0.15) is 16.9 Å². The normalized spacial score (nSPS) is 31.0. The van der Waals surface area contributed by atoms with Crippen molar-refractivity contribution < 1.29 is 24.5 Å². The first kappa shape index (κ1) is 30.6. The first-order chi connectivity index (χ1) is 16.9. The number of ketones is 1. The number of carbonyl (C=O) groups is 2. The number of Topliss-reactive ketones (excluding diaryl/α,β-unsaturated/α-hetero) is 1. The fraction of sp³-hybridized carbons (Fsp3) is 0.667. The average Bonchev–Trinajstić information content (AvgIpc) is 3.28. The van der Waals surface area contributed by atoms with Crippen LogP contribution in [-0.2, 0) is 20.9 Å². The molecule has 0 saturated carbocycles. The van der Waals surface area contributed by atoms with Gasteiger partial charge in [0.15, 0.2) is 0 Å². The maximum atomic E-state index is 13.4. The lowest BCUT2D eigenvalue weighted by molar-refractivity contribution is -0.154. The standard InChI is InChI=1S/C27H41ClN2O5S/c1-6-19-25(33)17(3)9-7-8-16(2)10-11-21(20(28)12-18-15-36-23(14-29)30-18)35-24(32)13-22(31)27(4,5)26(19)34/h10,12,15,17,19,21-22,25,31,33H,6-9,11,13-14,29H2,1-5H3/b16-10+,20-12?. The number of ether oxygens (including phenoxy) is 1. The molecule has 0 spiro atoms. The number of aromatic nitrogens is 1. The molecule has 2 heterocycles. The number of esters is 1. The Balaban J connectivity index is 2.35. The quantitative estimate of drug-likeness (QED) is 0.363. The Hall–Kier alpha value is -1.58. The molecule has 1 aliphatic rings. The third kappa shape index (κ3) is 8.21. The van der Waals surface area contributed by atoms with E-state index in [4.69, 9.17) is 22.1 Å². The molecule has 5 atom stereocenters. The predicted octanol–water partition coefficient (Wildman–Crippen LogP) is 4.98. The summed E-state index contributed by atoms with van der Waals surface area (Å²) in [6.07, 6.45) is 3.74. The summed E-state index contributed by atoms with van der Waals surface area (Å²) in [5.41, 5.74) is 6.17. The lowest BCUT2D eigenvalue weighted by Crippen LogP contribution is -2.46. The van der Waals surface area contributed by atoms with Gasteiger partial charge in [-0.1, -0.05) is 50.9 Å². The minimum atomic E-state index is -1.27. The van der Waals surface area contributed by atoms with Crippen molar-refractivity contribution in [2.24, 2.45) is 23.0 Å². The molecular formula is C27H41ClN2O5S. The Morgan fingerprint density at radius 3 is 2.67 bits per heavy atom. The number of aliphatic hydroxyl groups is 2. The molecule has 202 valence electrons. The molecule has 0 radical (unpaired) electrons. The van der Waals surface area contributed by atoms with Crippen LogP contribution in [0, 0.1) is 17.3 Å². The molecule has 0 aliphatic carbocycles. The van der Waals surface area contributed by atoms with E-state index in [1.807, 2.05) is 32.2 Å². The van der Waals surface area contributed by atoms with Gasteiger partial charge in [-0.05, 0) is 44.6 Å². The fourth-order valence-electron chi connectivity index (χ4n) is 4.46. The lowest BCUT2D eigenvalue weighted by Gasteiger charge is -2.35. The first-order valence-corrected chi connectivity index (χ1v) is 13.9. The van der Waals surface area contributed by atoms with Crippen molar-refractivity contribution in [2.75, 3.05) is 0 Å². The van der Waals surface area contributed by atoms with E-state index in [9.17, 15) is 19.8 Å². The van der Waals surface area contributed by atoms with Crippen LogP contribution < -0.4 is 5.73 Å². The second-order valence-electron chi connectivity index (χ2n) is 10.3. The third-order valence-electron chi connectivity index (χ3n) is 7.12. The number of thiazole rings is 1. The lowest BCUT2D eigenvalue weighted by atomic mass is 9.71. The second kappa shape index (κ2) is 13.8. The summed E-state index contributed by atoms with van der Waals surface area (Å²) < 4.78 is 5.70. The molecule has 0 amide bonds. The Labute approximate surface area is 223 Å². The smallest absolute Gasteiger partial charge is 0.309 e. The van der Waals surface area contributed by atoms with Crippen molar-refractivity contribution in [1.29, 1.82) is 0 Å². The van der Waals surface area contributed by atoms with E-state index in [1.54, 1.807) is 19.9 Å². The number of rotatable bonds is 4. The SMILES string of the molecule is CCC1C(=O)C(C)(C)C(O)CC(=O)OC(C(Cl)=Cc2csc(CN)n2)C/C=C(\C)CCCC(C)C1O. The topological polar surface area (TPSA) is 123 Å². The Morgan fingerprint density at radius 1 is 1.36 bits per heavy atom. The number of hydrogen-bond acceptors (Lipinski definition) is 8. The van der Waals surface area contributed by atoms with Crippen LogP contribution in [0.15, 0.2) is 22.1 Å². The highest BCUT2D eigenvalue weighted by atomic mass is 35.5. The summed E-state index contributed by atoms with van der Waals surface area (Å²) in [6.45, 7) is 9.39. The number of halogens is 1. The molecule has 2 rings (SSSR count). The van der Waals surface area contributed by atoms with Crippen molar-refractivity contribution in [3.05, 3.63) is 32.8 Å². The number of carbonyl (C=O) groups excluding carboxylic acids is 2. The van der Waals surface area contributed by atoms with Gasteiger partial charge in [0.25, 0.3) is 0 Å². The molecule has 5 unspecified atom stereocenters. The summed E-state index contributed by atoms with van der Waals surface area (Å²) in [7, 11) is 0. The number of aliphatic hydroxyl groups excluding tert-OH is 2. The van der Waals surface area contributed by atoms with Crippen LogP contribution in [0.3, 0.4) is 0 Å². The van der Waals surface area contributed by atoms with Crippen LogP contribution >= 0.6 is 22.9 Å².